The first-order valence-electron chi connectivity index (χ1n) is 4.35. The van der Waals surface area contributed by atoms with Crippen LogP contribution in [0.2, 0.25) is 0 Å². The smallest absolute Gasteiger partial charge is 0.305 e. The summed E-state index contributed by atoms with van der Waals surface area (Å²) in [4.78, 5) is 10.9. The second kappa shape index (κ2) is 9.44. The largest absolute Gasteiger partial charge is 0.463 e. The summed E-state index contributed by atoms with van der Waals surface area (Å²) in [6.07, 6.45) is 1.01. The van der Waals surface area contributed by atoms with Crippen LogP contribution < -0.4 is 5.73 Å². The fourth-order valence-electron chi connectivity index (χ4n) is 0.700. The van der Waals surface area contributed by atoms with Crippen LogP contribution >= 0.6 is 0 Å². The van der Waals surface area contributed by atoms with Gasteiger partial charge in [0.15, 0.2) is 0 Å². The molecule has 0 aromatic heterocycles. The number of hydrogen-bond acceptors (Lipinski definition) is 5. The van der Waals surface area contributed by atoms with Crippen molar-refractivity contribution in [2.45, 2.75) is 12.8 Å². The van der Waals surface area contributed by atoms with Gasteiger partial charge in [-0.05, 0) is 13.0 Å². The molecule has 78 valence electrons. The predicted molar refractivity (Wildman–Crippen MR) is 47.2 cm³/mol. The average Bonchev–Trinajstić information content (AvgIpc) is 2.14. The Morgan fingerprint density at radius 1 is 1.31 bits per heavy atom. The number of nitrogens with two attached hydrogens (primary N) is 1. The Kier molecular flexibility index (Phi) is 8.97. The predicted octanol–water partition coefficient (Wildman–Crippen LogP) is -0.723. The molecule has 0 aliphatic rings. The lowest BCUT2D eigenvalue weighted by Crippen LogP contribution is -2.13. The van der Waals surface area contributed by atoms with E-state index in [0.29, 0.717) is 26.0 Å². The van der Waals surface area contributed by atoms with E-state index in [2.05, 4.69) is 0 Å². The molecular formula is C8H17NO4. The average molecular weight is 191 g/mol. The topological polar surface area (TPSA) is 81.8 Å². The zero-order valence-electron chi connectivity index (χ0n) is 7.70. The summed E-state index contributed by atoms with van der Waals surface area (Å²) in [5.74, 6) is -0.252. The van der Waals surface area contributed by atoms with Gasteiger partial charge in [0.25, 0.3) is 0 Å². The number of aliphatic hydroxyl groups excluding tert-OH is 1. The molecule has 0 saturated heterocycles. The molecule has 0 aromatic carbocycles. The van der Waals surface area contributed by atoms with E-state index >= 15 is 0 Å². The molecule has 0 atom stereocenters. The van der Waals surface area contributed by atoms with Gasteiger partial charge in [-0.15, -0.1) is 0 Å². The Morgan fingerprint density at radius 2 is 2.08 bits per heavy atom. The minimum absolute atomic E-state index is 0.0128. The van der Waals surface area contributed by atoms with Crippen molar-refractivity contribution in [1.82, 2.24) is 0 Å². The first-order valence-corrected chi connectivity index (χ1v) is 4.35. The first kappa shape index (κ1) is 12.3. The lowest BCUT2D eigenvalue weighted by atomic mass is 10.3. The minimum atomic E-state index is -0.252. The van der Waals surface area contributed by atoms with Crippen molar-refractivity contribution in [3.63, 3.8) is 0 Å². The van der Waals surface area contributed by atoms with Crippen LogP contribution in [0.5, 0.6) is 0 Å². The maximum atomic E-state index is 10.9. The van der Waals surface area contributed by atoms with Crippen LogP contribution in [0.4, 0.5) is 0 Å². The molecule has 0 amide bonds. The van der Waals surface area contributed by atoms with Crippen molar-refractivity contribution in [3.05, 3.63) is 0 Å². The van der Waals surface area contributed by atoms with Crippen molar-refractivity contribution in [2.75, 3.05) is 33.0 Å². The van der Waals surface area contributed by atoms with Crippen molar-refractivity contribution in [1.29, 1.82) is 0 Å². The molecule has 5 heteroatoms. The molecule has 0 bridgehead atoms. The SMILES string of the molecule is NCCCC(=O)OCCOCCO. The molecule has 13 heavy (non-hydrogen) atoms. The summed E-state index contributed by atoms with van der Waals surface area (Å²) >= 11 is 0. The van der Waals surface area contributed by atoms with E-state index in [1.54, 1.807) is 0 Å². The normalized spacial score (nSPS) is 10.0. The Balaban J connectivity index is 3.08. The maximum Gasteiger partial charge on any atom is 0.305 e. The van der Waals surface area contributed by atoms with Gasteiger partial charge in [0.1, 0.15) is 6.61 Å². The summed E-state index contributed by atoms with van der Waals surface area (Å²) in [6.45, 7) is 1.33. The summed E-state index contributed by atoms with van der Waals surface area (Å²) in [6, 6.07) is 0. The molecule has 0 fully saturated rings. The van der Waals surface area contributed by atoms with Crippen LogP contribution in [0, 0.1) is 0 Å². The first-order chi connectivity index (χ1) is 6.31. The zero-order valence-corrected chi connectivity index (χ0v) is 7.70. The monoisotopic (exact) mass is 191 g/mol. The van der Waals surface area contributed by atoms with Gasteiger partial charge in [0, 0.05) is 6.42 Å². The van der Waals surface area contributed by atoms with E-state index in [-0.39, 0.29) is 25.8 Å². The van der Waals surface area contributed by atoms with E-state index < -0.39 is 0 Å². The molecule has 5 nitrogen and oxygen atoms in total. The van der Waals surface area contributed by atoms with Crippen molar-refractivity contribution < 1.29 is 19.4 Å². The Hall–Kier alpha value is -0.650. The van der Waals surface area contributed by atoms with E-state index in [1.165, 1.54) is 0 Å². The number of rotatable bonds is 8. The van der Waals surface area contributed by atoms with Crippen molar-refractivity contribution >= 4 is 5.97 Å². The van der Waals surface area contributed by atoms with Crippen LogP contribution in [0.25, 0.3) is 0 Å². The molecule has 0 aliphatic heterocycles. The van der Waals surface area contributed by atoms with Crippen LogP contribution in [0.3, 0.4) is 0 Å². The highest BCUT2D eigenvalue weighted by atomic mass is 16.6. The van der Waals surface area contributed by atoms with Gasteiger partial charge in [-0.25, -0.2) is 0 Å². The minimum Gasteiger partial charge on any atom is -0.463 e. The van der Waals surface area contributed by atoms with E-state index in [0.717, 1.165) is 0 Å². The molecule has 0 saturated carbocycles. The fraction of sp³-hybridized carbons (Fsp3) is 0.875. The summed E-state index contributed by atoms with van der Waals surface area (Å²) in [5.41, 5.74) is 5.21. The third-order valence-electron chi connectivity index (χ3n) is 1.31. The molecule has 3 N–H and O–H groups in total. The van der Waals surface area contributed by atoms with Gasteiger partial charge in [0.05, 0.1) is 19.8 Å². The van der Waals surface area contributed by atoms with Crippen LogP contribution in [-0.4, -0.2) is 44.0 Å². The second-order valence-corrected chi connectivity index (χ2v) is 2.45. The number of esters is 1. The van der Waals surface area contributed by atoms with Gasteiger partial charge in [-0.1, -0.05) is 0 Å². The highest BCUT2D eigenvalue weighted by molar-refractivity contribution is 5.69. The fourth-order valence-corrected chi connectivity index (χ4v) is 0.700. The zero-order chi connectivity index (χ0) is 9.94. The summed E-state index contributed by atoms with van der Waals surface area (Å²) in [5, 5.41) is 8.34. The molecule has 0 aromatic rings. The summed E-state index contributed by atoms with van der Waals surface area (Å²) in [7, 11) is 0. The highest BCUT2D eigenvalue weighted by Gasteiger charge is 2.00. The molecular weight excluding hydrogens is 174 g/mol. The lowest BCUT2D eigenvalue weighted by molar-refractivity contribution is -0.145. The number of carbonyl (C=O) groups excluding carboxylic acids is 1. The van der Waals surface area contributed by atoms with Crippen LogP contribution in [-0.2, 0) is 14.3 Å². The number of carbonyl (C=O) groups is 1. The van der Waals surface area contributed by atoms with Gasteiger partial charge in [-0.3, -0.25) is 4.79 Å². The Morgan fingerprint density at radius 3 is 2.69 bits per heavy atom. The Bertz CT molecular complexity index is 129. The van der Waals surface area contributed by atoms with Gasteiger partial charge >= 0.3 is 5.97 Å². The Labute approximate surface area is 77.8 Å². The van der Waals surface area contributed by atoms with Crippen molar-refractivity contribution in [3.8, 4) is 0 Å². The van der Waals surface area contributed by atoms with E-state index in [1.807, 2.05) is 0 Å². The number of hydrogen-bond donors (Lipinski definition) is 2. The van der Waals surface area contributed by atoms with Crippen LogP contribution in [0.15, 0.2) is 0 Å². The molecule has 0 spiro atoms. The third-order valence-corrected chi connectivity index (χ3v) is 1.31. The maximum absolute atomic E-state index is 10.9. The van der Waals surface area contributed by atoms with Crippen molar-refractivity contribution in [2.24, 2.45) is 5.73 Å². The number of ether oxygens (including phenoxy) is 2. The second-order valence-electron chi connectivity index (χ2n) is 2.45. The molecule has 0 aliphatic carbocycles. The molecule has 0 unspecified atom stereocenters. The lowest BCUT2D eigenvalue weighted by Gasteiger charge is -2.04. The van der Waals surface area contributed by atoms with Gasteiger partial charge in [-0.2, -0.15) is 0 Å². The van der Waals surface area contributed by atoms with Gasteiger partial charge < -0.3 is 20.3 Å². The molecule has 0 radical (unpaired) electrons. The quantitative estimate of drug-likeness (QED) is 0.391. The number of aliphatic hydroxyl groups is 1. The van der Waals surface area contributed by atoms with E-state index in [4.69, 9.17) is 20.3 Å². The van der Waals surface area contributed by atoms with E-state index in [9.17, 15) is 4.79 Å². The van der Waals surface area contributed by atoms with Crippen LogP contribution in [0.1, 0.15) is 12.8 Å². The standard InChI is InChI=1S/C8H17NO4/c9-3-1-2-8(11)13-7-6-12-5-4-10/h10H,1-7,9H2. The molecule has 0 heterocycles. The summed E-state index contributed by atoms with van der Waals surface area (Å²) < 4.78 is 9.68. The highest BCUT2D eigenvalue weighted by Crippen LogP contribution is 1.90. The van der Waals surface area contributed by atoms with Gasteiger partial charge in [0.2, 0.25) is 0 Å². The molecule has 0 rings (SSSR count). The third kappa shape index (κ3) is 9.26.